The van der Waals surface area contributed by atoms with Gasteiger partial charge in [0.1, 0.15) is 5.75 Å². The van der Waals surface area contributed by atoms with E-state index in [4.69, 9.17) is 10.5 Å². The Morgan fingerprint density at radius 1 is 1.09 bits per heavy atom. The van der Waals surface area contributed by atoms with Crippen LogP contribution in [0.3, 0.4) is 0 Å². The van der Waals surface area contributed by atoms with E-state index in [1.54, 1.807) is 30.3 Å². The normalized spacial score (nSPS) is 11.2. The molecule has 5 nitrogen and oxygen atoms in total. The summed E-state index contributed by atoms with van der Waals surface area (Å²) in [6.45, 7) is 0. The average molecular weight is 319 g/mol. The minimum absolute atomic E-state index is 0.0818. The van der Waals surface area contributed by atoms with Crippen LogP contribution in [0.15, 0.2) is 47.4 Å². The van der Waals surface area contributed by atoms with E-state index in [0.29, 0.717) is 11.3 Å². The number of carbonyl (C=O) groups excluding carboxylic acids is 1. The molecule has 2 aromatic carbocycles. The lowest BCUT2D eigenvalue weighted by atomic mass is 10.0. The molecule has 0 saturated heterocycles. The highest BCUT2D eigenvalue weighted by atomic mass is 32.2. The van der Waals surface area contributed by atoms with Crippen LogP contribution in [-0.2, 0) is 21.1 Å². The van der Waals surface area contributed by atoms with Crippen LogP contribution in [-0.4, -0.2) is 27.7 Å². The number of methoxy groups -OCH3 is 1. The van der Waals surface area contributed by atoms with Gasteiger partial charge in [0.15, 0.2) is 9.84 Å². The van der Waals surface area contributed by atoms with Crippen LogP contribution < -0.4 is 10.5 Å². The molecule has 2 N–H and O–H groups in total. The fraction of sp³-hybridized carbons (Fsp3) is 0.188. The zero-order valence-corrected chi connectivity index (χ0v) is 13.2. The van der Waals surface area contributed by atoms with Crippen LogP contribution in [0.1, 0.15) is 5.56 Å². The van der Waals surface area contributed by atoms with Crippen molar-refractivity contribution in [3.8, 4) is 16.9 Å². The lowest BCUT2D eigenvalue weighted by Crippen LogP contribution is -2.14. The molecular weight excluding hydrogens is 302 g/mol. The van der Waals surface area contributed by atoms with Crippen LogP contribution in [0.2, 0.25) is 0 Å². The number of hydrogen-bond donors (Lipinski definition) is 1. The second-order valence-corrected chi connectivity index (χ2v) is 6.98. The molecule has 2 aromatic rings. The smallest absolute Gasteiger partial charge is 0.221 e. The molecule has 0 radical (unpaired) electrons. The second kappa shape index (κ2) is 6.19. The topological polar surface area (TPSA) is 86.5 Å². The van der Waals surface area contributed by atoms with Gasteiger partial charge in [-0.25, -0.2) is 8.42 Å². The van der Waals surface area contributed by atoms with Crippen molar-refractivity contribution < 1.29 is 17.9 Å². The maximum atomic E-state index is 11.5. The lowest BCUT2D eigenvalue weighted by molar-refractivity contribution is -0.117. The molecule has 0 aromatic heterocycles. The van der Waals surface area contributed by atoms with Gasteiger partial charge >= 0.3 is 0 Å². The zero-order chi connectivity index (χ0) is 16.3. The summed E-state index contributed by atoms with van der Waals surface area (Å²) < 4.78 is 28.2. The number of hydrogen-bond acceptors (Lipinski definition) is 4. The molecule has 0 aliphatic rings. The van der Waals surface area contributed by atoms with Crippen LogP contribution in [0.25, 0.3) is 11.1 Å². The fourth-order valence-electron chi connectivity index (χ4n) is 2.18. The van der Waals surface area contributed by atoms with Crippen molar-refractivity contribution in [3.63, 3.8) is 0 Å². The number of benzene rings is 2. The van der Waals surface area contributed by atoms with Crippen molar-refractivity contribution in [2.75, 3.05) is 13.4 Å². The molecule has 22 heavy (non-hydrogen) atoms. The number of sulfone groups is 1. The van der Waals surface area contributed by atoms with E-state index in [9.17, 15) is 13.2 Å². The third kappa shape index (κ3) is 3.65. The predicted octanol–water partition coefficient (Wildman–Crippen LogP) is 1.79. The average Bonchev–Trinajstić information content (AvgIpc) is 2.46. The van der Waals surface area contributed by atoms with E-state index in [0.717, 1.165) is 11.1 Å². The van der Waals surface area contributed by atoms with Gasteiger partial charge in [0.05, 0.1) is 18.4 Å². The molecule has 0 saturated carbocycles. The van der Waals surface area contributed by atoms with Gasteiger partial charge in [0.2, 0.25) is 5.91 Å². The van der Waals surface area contributed by atoms with E-state index in [1.807, 2.05) is 12.1 Å². The molecule has 0 fully saturated rings. The summed E-state index contributed by atoms with van der Waals surface area (Å²) in [7, 11) is -1.69. The van der Waals surface area contributed by atoms with Gasteiger partial charge in [-0.3, -0.25) is 4.79 Å². The minimum atomic E-state index is -3.22. The second-order valence-electron chi connectivity index (χ2n) is 4.97. The third-order valence-electron chi connectivity index (χ3n) is 3.26. The van der Waals surface area contributed by atoms with Gasteiger partial charge < -0.3 is 10.5 Å². The third-order valence-corrected chi connectivity index (χ3v) is 4.39. The van der Waals surface area contributed by atoms with Crippen LogP contribution in [0.5, 0.6) is 5.75 Å². The van der Waals surface area contributed by atoms with E-state index in [2.05, 4.69) is 0 Å². The maximum Gasteiger partial charge on any atom is 0.221 e. The number of carbonyl (C=O) groups is 1. The van der Waals surface area contributed by atoms with Crippen molar-refractivity contribution in [2.45, 2.75) is 11.3 Å². The van der Waals surface area contributed by atoms with Crippen LogP contribution in [0.4, 0.5) is 0 Å². The lowest BCUT2D eigenvalue weighted by Gasteiger charge is -2.10. The number of nitrogens with two attached hydrogens (primary N) is 1. The highest BCUT2D eigenvalue weighted by molar-refractivity contribution is 7.90. The molecule has 0 heterocycles. The molecule has 1 amide bonds. The first-order valence-electron chi connectivity index (χ1n) is 6.57. The van der Waals surface area contributed by atoms with Crippen molar-refractivity contribution >= 4 is 15.7 Å². The minimum Gasteiger partial charge on any atom is -0.496 e. The molecule has 0 aliphatic heterocycles. The summed E-state index contributed by atoms with van der Waals surface area (Å²) in [5.41, 5.74) is 7.64. The Balaban J connectivity index is 2.42. The summed E-state index contributed by atoms with van der Waals surface area (Å²) in [6, 6.07) is 12.0. The Morgan fingerprint density at radius 3 is 2.18 bits per heavy atom. The van der Waals surface area contributed by atoms with Gasteiger partial charge in [-0.1, -0.05) is 18.2 Å². The maximum absolute atomic E-state index is 11.5. The molecule has 116 valence electrons. The number of primary amides is 1. The van der Waals surface area contributed by atoms with Crippen molar-refractivity contribution in [2.24, 2.45) is 5.73 Å². The zero-order valence-electron chi connectivity index (χ0n) is 12.4. The first-order chi connectivity index (χ1) is 10.3. The highest BCUT2D eigenvalue weighted by Gasteiger charge is 2.10. The van der Waals surface area contributed by atoms with Gasteiger partial charge in [-0.15, -0.1) is 0 Å². The number of ether oxygens (including phenoxy) is 1. The van der Waals surface area contributed by atoms with Crippen molar-refractivity contribution in [1.82, 2.24) is 0 Å². The van der Waals surface area contributed by atoms with E-state index < -0.39 is 15.7 Å². The Hall–Kier alpha value is -2.34. The van der Waals surface area contributed by atoms with Crippen LogP contribution >= 0.6 is 0 Å². The van der Waals surface area contributed by atoms with Gasteiger partial charge in [-0.05, 0) is 35.4 Å². The quantitative estimate of drug-likeness (QED) is 0.910. The summed E-state index contributed by atoms with van der Waals surface area (Å²) >= 11 is 0. The Bertz CT molecular complexity index is 795. The van der Waals surface area contributed by atoms with Gasteiger partial charge in [-0.2, -0.15) is 0 Å². The molecule has 0 unspecified atom stereocenters. The summed E-state index contributed by atoms with van der Waals surface area (Å²) in [5, 5.41) is 0. The molecule has 6 heteroatoms. The summed E-state index contributed by atoms with van der Waals surface area (Å²) in [6.07, 6.45) is 1.25. The molecule has 2 rings (SSSR count). The van der Waals surface area contributed by atoms with E-state index in [1.165, 1.54) is 13.4 Å². The monoisotopic (exact) mass is 319 g/mol. The largest absolute Gasteiger partial charge is 0.496 e. The summed E-state index contributed by atoms with van der Waals surface area (Å²) in [4.78, 5) is 11.4. The Labute approximate surface area is 129 Å². The SMILES string of the molecule is COc1ccc(-c2ccc(S(C)(=O)=O)cc2)cc1CC(N)=O. The standard InChI is InChI=1S/C16H17NO4S/c1-21-15-8-5-12(9-13(15)10-16(17)18)11-3-6-14(7-4-11)22(2,19)20/h3-9H,10H2,1-2H3,(H2,17,18). The van der Waals surface area contributed by atoms with E-state index >= 15 is 0 Å². The highest BCUT2D eigenvalue weighted by Crippen LogP contribution is 2.27. The van der Waals surface area contributed by atoms with Crippen molar-refractivity contribution in [1.29, 1.82) is 0 Å². The first kappa shape index (κ1) is 16.0. The number of amides is 1. The van der Waals surface area contributed by atoms with Crippen molar-refractivity contribution in [3.05, 3.63) is 48.0 Å². The van der Waals surface area contributed by atoms with Crippen LogP contribution in [0, 0.1) is 0 Å². The Morgan fingerprint density at radius 2 is 1.68 bits per heavy atom. The predicted molar refractivity (Wildman–Crippen MR) is 84.4 cm³/mol. The molecule has 0 atom stereocenters. The molecule has 0 bridgehead atoms. The first-order valence-corrected chi connectivity index (χ1v) is 8.46. The van der Waals surface area contributed by atoms with Gasteiger partial charge in [0.25, 0.3) is 0 Å². The molecule has 0 spiro atoms. The number of rotatable bonds is 5. The Kier molecular flexibility index (Phi) is 4.51. The fourth-order valence-corrected chi connectivity index (χ4v) is 2.81. The molecular formula is C16H17NO4S. The van der Waals surface area contributed by atoms with Gasteiger partial charge in [0, 0.05) is 11.8 Å². The summed E-state index contributed by atoms with van der Waals surface area (Å²) in [5.74, 6) is 0.151. The molecule has 0 aliphatic carbocycles. The van der Waals surface area contributed by atoms with E-state index in [-0.39, 0.29) is 11.3 Å².